The molecule has 5 heteroatoms. The molecule has 2 aliphatic rings. The van der Waals surface area contributed by atoms with Crippen molar-refractivity contribution in [2.24, 2.45) is 0 Å². The first-order valence-corrected chi connectivity index (χ1v) is 10.0. The number of benzene rings is 1. The highest BCUT2D eigenvalue weighted by molar-refractivity contribution is 5.27. The quantitative estimate of drug-likeness (QED) is 0.781. The molecule has 3 heterocycles. The zero-order valence-corrected chi connectivity index (χ0v) is 16.2. The number of likely N-dealkylation sites (tertiary alicyclic amines) is 1. The first-order valence-electron chi connectivity index (χ1n) is 10.0. The van der Waals surface area contributed by atoms with Crippen molar-refractivity contribution in [3.63, 3.8) is 0 Å². The molecule has 4 rings (SSSR count). The lowest BCUT2D eigenvalue weighted by atomic mass is 10.00. The Morgan fingerprint density at radius 3 is 2.59 bits per heavy atom. The monoisotopic (exact) mass is 370 g/mol. The van der Waals surface area contributed by atoms with Crippen LogP contribution in [0.4, 0.5) is 0 Å². The van der Waals surface area contributed by atoms with E-state index in [9.17, 15) is 0 Å². The summed E-state index contributed by atoms with van der Waals surface area (Å²) in [6, 6.07) is 13.1. The number of ether oxygens (including phenoxy) is 2. The lowest BCUT2D eigenvalue weighted by molar-refractivity contribution is -0.0516. The van der Waals surface area contributed by atoms with E-state index in [2.05, 4.69) is 28.0 Å². The van der Waals surface area contributed by atoms with Crippen LogP contribution in [-0.2, 0) is 17.7 Å². The predicted octanol–water partition coefficient (Wildman–Crippen LogP) is 3.20. The van der Waals surface area contributed by atoms with Gasteiger partial charge in [-0.15, -0.1) is 0 Å². The number of nitrogens with zero attached hydrogens (tertiary/aromatic N) is 2. The zero-order valence-electron chi connectivity index (χ0n) is 16.2. The maximum absolute atomic E-state index is 6.06. The maximum atomic E-state index is 6.06. The van der Waals surface area contributed by atoms with Gasteiger partial charge in [0.1, 0.15) is 11.5 Å². The van der Waals surface area contributed by atoms with Crippen molar-refractivity contribution in [2.75, 3.05) is 39.9 Å². The number of hydrogen-bond donors (Lipinski definition) is 0. The Bertz CT molecular complexity index is 678. The van der Waals surface area contributed by atoms with E-state index in [4.69, 9.17) is 13.9 Å². The first-order chi connectivity index (χ1) is 13.3. The normalized spacial score (nSPS) is 22.8. The van der Waals surface area contributed by atoms with E-state index < -0.39 is 0 Å². The minimum Gasteiger partial charge on any atom is -0.497 e. The van der Waals surface area contributed by atoms with Gasteiger partial charge < -0.3 is 13.9 Å². The van der Waals surface area contributed by atoms with Gasteiger partial charge in [0.25, 0.3) is 0 Å². The number of hydrogen-bond acceptors (Lipinski definition) is 5. The van der Waals surface area contributed by atoms with Crippen LogP contribution in [0.2, 0.25) is 0 Å². The van der Waals surface area contributed by atoms with Crippen LogP contribution in [0.5, 0.6) is 5.75 Å². The molecule has 5 nitrogen and oxygen atoms in total. The van der Waals surface area contributed by atoms with Crippen molar-refractivity contribution in [3.8, 4) is 5.75 Å². The van der Waals surface area contributed by atoms with Crippen molar-refractivity contribution in [2.45, 2.75) is 38.0 Å². The summed E-state index contributed by atoms with van der Waals surface area (Å²) in [6.45, 7) is 6.16. The van der Waals surface area contributed by atoms with Crippen LogP contribution in [0.3, 0.4) is 0 Å². The Kier molecular flexibility index (Phi) is 6.12. The fourth-order valence-electron chi connectivity index (χ4n) is 4.29. The lowest BCUT2D eigenvalue weighted by Crippen LogP contribution is -2.51. The Labute approximate surface area is 161 Å². The average molecular weight is 370 g/mol. The van der Waals surface area contributed by atoms with Gasteiger partial charge in [0.2, 0.25) is 0 Å². The van der Waals surface area contributed by atoms with Crippen molar-refractivity contribution in [1.82, 2.24) is 9.80 Å². The van der Waals surface area contributed by atoms with Gasteiger partial charge in [-0.2, -0.15) is 0 Å². The summed E-state index contributed by atoms with van der Waals surface area (Å²) in [6.07, 6.45) is 5.48. The molecule has 146 valence electrons. The molecule has 1 aromatic heterocycles. The minimum absolute atomic E-state index is 0.285. The molecule has 0 spiro atoms. The van der Waals surface area contributed by atoms with Gasteiger partial charge in [0.05, 0.1) is 32.6 Å². The number of furan rings is 1. The summed E-state index contributed by atoms with van der Waals surface area (Å²) in [5, 5.41) is 0. The van der Waals surface area contributed by atoms with E-state index in [0.717, 1.165) is 57.3 Å². The fraction of sp³-hybridized carbons (Fsp3) is 0.545. The highest BCUT2D eigenvalue weighted by Crippen LogP contribution is 2.22. The summed E-state index contributed by atoms with van der Waals surface area (Å²) in [5.41, 5.74) is 1.32. The zero-order chi connectivity index (χ0) is 18.5. The van der Waals surface area contributed by atoms with Crippen LogP contribution >= 0.6 is 0 Å². The number of piperidine rings is 1. The van der Waals surface area contributed by atoms with Gasteiger partial charge in [-0.3, -0.25) is 9.80 Å². The Balaban J connectivity index is 1.25. The van der Waals surface area contributed by atoms with Crippen molar-refractivity contribution >= 4 is 0 Å². The summed E-state index contributed by atoms with van der Waals surface area (Å²) in [4.78, 5) is 5.16. The molecular weight excluding hydrogens is 340 g/mol. The number of morpholine rings is 1. The van der Waals surface area contributed by atoms with Gasteiger partial charge in [0.15, 0.2) is 0 Å². The Hall–Kier alpha value is -1.82. The smallest absolute Gasteiger partial charge is 0.118 e. The minimum atomic E-state index is 0.285. The third kappa shape index (κ3) is 4.92. The molecule has 0 bridgehead atoms. The van der Waals surface area contributed by atoms with Crippen molar-refractivity contribution < 1.29 is 13.9 Å². The second-order valence-electron chi connectivity index (χ2n) is 7.63. The Morgan fingerprint density at radius 1 is 1.07 bits per heavy atom. The van der Waals surface area contributed by atoms with E-state index in [-0.39, 0.29) is 6.10 Å². The number of rotatable bonds is 6. The molecule has 0 radical (unpaired) electrons. The van der Waals surface area contributed by atoms with Crippen LogP contribution in [0.1, 0.15) is 24.2 Å². The summed E-state index contributed by atoms with van der Waals surface area (Å²) in [7, 11) is 1.71. The van der Waals surface area contributed by atoms with Crippen LogP contribution < -0.4 is 4.74 Å². The average Bonchev–Trinajstić information content (AvgIpc) is 3.22. The molecule has 0 amide bonds. The third-order valence-electron chi connectivity index (χ3n) is 5.83. The van der Waals surface area contributed by atoms with E-state index in [0.29, 0.717) is 6.04 Å². The third-order valence-corrected chi connectivity index (χ3v) is 5.83. The van der Waals surface area contributed by atoms with E-state index >= 15 is 0 Å². The SMILES string of the molecule is COc1ccc(CC2CN(C3CCN(Cc4ccco4)CC3)CCO2)cc1. The first kappa shape index (κ1) is 18.5. The molecule has 2 fully saturated rings. The molecule has 27 heavy (non-hydrogen) atoms. The van der Waals surface area contributed by atoms with E-state index in [1.54, 1.807) is 13.4 Å². The fourth-order valence-corrected chi connectivity index (χ4v) is 4.29. The molecule has 1 aromatic carbocycles. The van der Waals surface area contributed by atoms with E-state index in [1.165, 1.54) is 18.4 Å². The molecule has 1 atom stereocenters. The van der Waals surface area contributed by atoms with Gasteiger partial charge in [-0.05, 0) is 49.1 Å². The van der Waals surface area contributed by atoms with Gasteiger partial charge in [-0.1, -0.05) is 12.1 Å². The highest BCUT2D eigenvalue weighted by atomic mass is 16.5. The van der Waals surface area contributed by atoms with Crippen LogP contribution in [-0.4, -0.2) is 61.8 Å². The molecule has 2 aromatic rings. The van der Waals surface area contributed by atoms with Gasteiger partial charge >= 0.3 is 0 Å². The molecule has 0 N–H and O–H groups in total. The maximum Gasteiger partial charge on any atom is 0.118 e. The van der Waals surface area contributed by atoms with Crippen molar-refractivity contribution in [1.29, 1.82) is 0 Å². The van der Waals surface area contributed by atoms with Gasteiger partial charge in [0, 0.05) is 32.2 Å². The largest absolute Gasteiger partial charge is 0.497 e. The standard InChI is InChI=1S/C22H30N2O3/c1-25-20-6-4-18(5-7-20)15-22-17-24(12-14-27-22)19-8-10-23(11-9-19)16-21-3-2-13-26-21/h2-7,13,19,22H,8-12,14-17H2,1H3. The summed E-state index contributed by atoms with van der Waals surface area (Å²) in [5.74, 6) is 1.98. The van der Waals surface area contributed by atoms with Crippen LogP contribution in [0.15, 0.2) is 47.1 Å². The molecule has 2 aliphatic heterocycles. The molecular formula is C22H30N2O3. The second-order valence-corrected chi connectivity index (χ2v) is 7.63. The van der Waals surface area contributed by atoms with Crippen LogP contribution in [0, 0.1) is 0 Å². The number of methoxy groups -OCH3 is 1. The highest BCUT2D eigenvalue weighted by Gasteiger charge is 2.29. The predicted molar refractivity (Wildman–Crippen MR) is 105 cm³/mol. The molecule has 1 unspecified atom stereocenters. The van der Waals surface area contributed by atoms with Crippen LogP contribution in [0.25, 0.3) is 0 Å². The lowest BCUT2D eigenvalue weighted by Gasteiger charge is -2.42. The second kappa shape index (κ2) is 8.91. The topological polar surface area (TPSA) is 38.1 Å². The molecule has 0 saturated carbocycles. The summed E-state index contributed by atoms with van der Waals surface area (Å²) < 4.78 is 16.8. The molecule has 2 saturated heterocycles. The van der Waals surface area contributed by atoms with Gasteiger partial charge in [-0.25, -0.2) is 0 Å². The Morgan fingerprint density at radius 2 is 1.89 bits per heavy atom. The van der Waals surface area contributed by atoms with E-state index in [1.807, 2.05) is 18.2 Å². The summed E-state index contributed by atoms with van der Waals surface area (Å²) >= 11 is 0. The van der Waals surface area contributed by atoms with Crippen molar-refractivity contribution in [3.05, 3.63) is 54.0 Å². The molecule has 0 aliphatic carbocycles.